The Kier molecular flexibility index (Phi) is 4.46. The van der Waals surface area contributed by atoms with Gasteiger partial charge in [-0.1, -0.05) is 12.1 Å². The molecular formula is C13H16FN3O2. The summed E-state index contributed by atoms with van der Waals surface area (Å²) in [5.41, 5.74) is 0.834. The number of aromatic nitrogens is 2. The third kappa shape index (κ3) is 4.03. The van der Waals surface area contributed by atoms with Gasteiger partial charge in [0.1, 0.15) is 11.6 Å². The highest BCUT2D eigenvalue weighted by Gasteiger charge is 2.05. The summed E-state index contributed by atoms with van der Waals surface area (Å²) in [6, 6.07) is 4.61. The molecule has 1 heterocycles. The molecule has 2 rings (SSSR count). The quantitative estimate of drug-likeness (QED) is 0.867. The summed E-state index contributed by atoms with van der Waals surface area (Å²) in [5, 5.41) is 6.84. The van der Waals surface area contributed by atoms with Crippen LogP contribution in [0.15, 0.2) is 22.7 Å². The standard InChI is InChI=1S/C13H16FN3O2/c1-3-15-7-10-4-11(14)6-12(5-10)18-8-13-16-9(2)19-17-13/h4-6,15H,3,7-8H2,1-2H3. The van der Waals surface area contributed by atoms with Gasteiger partial charge in [-0.05, 0) is 24.2 Å². The zero-order chi connectivity index (χ0) is 13.7. The summed E-state index contributed by atoms with van der Waals surface area (Å²) in [6.07, 6.45) is 0. The molecule has 6 heteroatoms. The first kappa shape index (κ1) is 13.5. The molecule has 0 aliphatic heterocycles. The number of benzene rings is 1. The molecule has 5 nitrogen and oxygen atoms in total. The average molecular weight is 265 g/mol. The summed E-state index contributed by atoms with van der Waals surface area (Å²) in [5.74, 6) is 1.05. The molecule has 0 radical (unpaired) electrons. The summed E-state index contributed by atoms with van der Waals surface area (Å²) >= 11 is 0. The van der Waals surface area contributed by atoms with Gasteiger partial charge in [0.25, 0.3) is 0 Å². The molecule has 102 valence electrons. The van der Waals surface area contributed by atoms with Gasteiger partial charge < -0.3 is 14.6 Å². The van der Waals surface area contributed by atoms with E-state index in [1.807, 2.05) is 6.92 Å². The molecule has 0 saturated heterocycles. The minimum Gasteiger partial charge on any atom is -0.485 e. The smallest absolute Gasteiger partial charge is 0.223 e. The summed E-state index contributed by atoms with van der Waals surface area (Å²) in [6.45, 7) is 5.28. The van der Waals surface area contributed by atoms with Gasteiger partial charge in [0.15, 0.2) is 6.61 Å². The SMILES string of the molecule is CCNCc1cc(F)cc(OCc2noc(C)n2)c1. The molecule has 0 aliphatic carbocycles. The van der Waals surface area contributed by atoms with Gasteiger partial charge in [0.05, 0.1) is 0 Å². The molecule has 0 unspecified atom stereocenters. The molecule has 0 fully saturated rings. The highest BCUT2D eigenvalue weighted by molar-refractivity contribution is 5.29. The lowest BCUT2D eigenvalue weighted by molar-refractivity contribution is 0.284. The Hall–Kier alpha value is -1.95. The largest absolute Gasteiger partial charge is 0.485 e. The Bertz CT molecular complexity index is 542. The normalized spacial score (nSPS) is 10.7. The fourth-order valence-corrected chi connectivity index (χ4v) is 1.62. The van der Waals surface area contributed by atoms with Crippen molar-refractivity contribution in [3.8, 4) is 5.75 Å². The molecule has 2 aromatic rings. The highest BCUT2D eigenvalue weighted by Crippen LogP contribution is 2.17. The molecule has 0 saturated carbocycles. The number of aryl methyl sites for hydroxylation is 1. The van der Waals surface area contributed by atoms with Crippen LogP contribution in [0, 0.1) is 12.7 Å². The van der Waals surface area contributed by atoms with Crippen molar-refractivity contribution in [1.82, 2.24) is 15.5 Å². The number of ether oxygens (including phenoxy) is 1. The van der Waals surface area contributed by atoms with Crippen molar-refractivity contribution in [2.75, 3.05) is 6.54 Å². The highest BCUT2D eigenvalue weighted by atomic mass is 19.1. The van der Waals surface area contributed by atoms with Crippen molar-refractivity contribution in [2.24, 2.45) is 0 Å². The van der Waals surface area contributed by atoms with Crippen molar-refractivity contribution in [3.05, 3.63) is 41.3 Å². The van der Waals surface area contributed by atoms with Gasteiger partial charge in [0.2, 0.25) is 11.7 Å². The topological polar surface area (TPSA) is 60.2 Å². The van der Waals surface area contributed by atoms with E-state index >= 15 is 0 Å². The molecular weight excluding hydrogens is 249 g/mol. The van der Waals surface area contributed by atoms with Gasteiger partial charge in [0, 0.05) is 19.5 Å². The van der Waals surface area contributed by atoms with Crippen LogP contribution >= 0.6 is 0 Å². The fourth-order valence-electron chi connectivity index (χ4n) is 1.62. The van der Waals surface area contributed by atoms with Crippen LogP contribution in [0.2, 0.25) is 0 Å². The van der Waals surface area contributed by atoms with E-state index < -0.39 is 0 Å². The van der Waals surface area contributed by atoms with Gasteiger partial charge in [-0.3, -0.25) is 0 Å². The van der Waals surface area contributed by atoms with E-state index in [0.29, 0.717) is 24.0 Å². The lowest BCUT2D eigenvalue weighted by atomic mass is 10.2. The van der Waals surface area contributed by atoms with Crippen molar-refractivity contribution in [2.45, 2.75) is 27.0 Å². The number of nitrogens with one attached hydrogen (secondary N) is 1. The van der Waals surface area contributed by atoms with Gasteiger partial charge in [-0.2, -0.15) is 4.98 Å². The first-order chi connectivity index (χ1) is 9.17. The molecule has 1 aromatic heterocycles. The Morgan fingerprint density at radius 2 is 2.21 bits per heavy atom. The van der Waals surface area contributed by atoms with Crippen LogP contribution in [-0.2, 0) is 13.2 Å². The Morgan fingerprint density at radius 1 is 1.37 bits per heavy atom. The van der Waals surface area contributed by atoms with Crippen molar-refractivity contribution < 1.29 is 13.7 Å². The van der Waals surface area contributed by atoms with Crippen LogP contribution < -0.4 is 10.1 Å². The van der Waals surface area contributed by atoms with E-state index in [1.165, 1.54) is 12.1 Å². The average Bonchev–Trinajstić information content (AvgIpc) is 2.79. The zero-order valence-electron chi connectivity index (χ0n) is 10.9. The molecule has 0 atom stereocenters. The number of hydrogen-bond donors (Lipinski definition) is 1. The third-order valence-corrected chi connectivity index (χ3v) is 2.45. The van der Waals surface area contributed by atoms with Gasteiger partial charge in [-0.25, -0.2) is 4.39 Å². The molecule has 1 aromatic carbocycles. The zero-order valence-corrected chi connectivity index (χ0v) is 10.9. The summed E-state index contributed by atoms with van der Waals surface area (Å²) in [4.78, 5) is 4.01. The van der Waals surface area contributed by atoms with Crippen LogP contribution in [0.1, 0.15) is 24.2 Å². The Balaban J connectivity index is 2.01. The number of halogens is 1. The minimum absolute atomic E-state index is 0.154. The first-order valence-corrected chi connectivity index (χ1v) is 6.09. The van der Waals surface area contributed by atoms with Gasteiger partial charge >= 0.3 is 0 Å². The maximum Gasteiger partial charge on any atom is 0.223 e. The predicted molar refractivity (Wildman–Crippen MR) is 67.1 cm³/mol. The van der Waals surface area contributed by atoms with E-state index in [9.17, 15) is 4.39 Å². The summed E-state index contributed by atoms with van der Waals surface area (Å²) < 4.78 is 23.7. The van der Waals surface area contributed by atoms with Crippen molar-refractivity contribution >= 4 is 0 Å². The maximum atomic E-state index is 13.4. The van der Waals surface area contributed by atoms with E-state index in [-0.39, 0.29) is 12.4 Å². The lowest BCUT2D eigenvalue weighted by Crippen LogP contribution is -2.12. The Labute approximate surface area is 110 Å². The van der Waals surface area contributed by atoms with Crippen molar-refractivity contribution in [3.63, 3.8) is 0 Å². The Morgan fingerprint density at radius 3 is 2.89 bits per heavy atom. The number of rotatable bonds is 6. The van der Waals surface area contributed by atoms with Crippen LogP contribution in [-0.4, -0.2) is 16.7 Å². The first-order valence-electron chi connectivity index (χ1n) is 6.09. The van der Waals surface area contributed by atoms with Crippen molar-refractivity contribution in [1.29, 1.82) is 0 Å². The van der Waals surface area contributed by atoms with Crippen LogP contribution in [0.5, 0.6) is 5.75 Å². The lowest BCUT2D eigenvalue weighted by Gasteiger charge is -2.07. The second-order valence-corrected chi connectivity index (χ2v) is 4.09. The van der Waals surface area contributed by atoms with E-state index in [4.69, 9.17) is 9.26 Å². The van der Waals surface area contributed by atoms with E-state index in [1.54, 1.807) is 13.0 Å². The van der Waals surface area contributed by atoms with E-state index in [2.05, 4.69) is 15.5 Å². The minimum atomic E-state index is -0.324. The monoisotopic (exact) mass is 265 g/mol. The third-order valence-electron chi connectivity index (χ3n) is 2.45. The molecule has 19 heavy (non-hydrogen) atoms. The summed E-state index contributed by atoms with van der Waals surface area (Å²) in [7, 11) is 0. The molecule has 0 aliphatic rings. The van der Waals surface area contributed by atoms with Gasteiger partial charge in [-0.15, -0.1) is 0 Å². The second kappa shape index (κ2) is 6.29. The second-order valence-electron chi connectivity index (χ2n) is 4.09. The van der Waals surface area contributed by atoms with Crippen LogP contribution in [0.4, 0.5) is 4.39 Å². The molecule has 0 amide bonds. The molecule has 0 bridgehead atoms. The fraction of sp³-hybridized carbons (Fsp3) is 0.385. The predicted octanol–water partition coefficient (Wildman–Crippen LogP) is 2.21. The molecule has 0 spiro atoms. The van der Waals surface area contributed by atoms with Crippen LogP contribution in [0.25, 0.3) is 0 Å². The van der Waals surface area contributed by atoms with E-state index in [0.717, 1.165) is 12.1 Å². The number of nitrogens with zero attached hydrogens (tertiary/aromatic N) is 2. The number of hydrogen-bond acceptors (Lipinski definition) is 5. The maximum absolute atomic E-state index is 13.4. The van der Waals surface area contributed by atoms with Crippen LogP contribution in [0.3, 0.4) is 0 Å². The molecule has 1 N–H and O–H groups in total.